The van der Waals surface area contributed by atoms with E-state index in [-0.39, 0.29) is 11.2 Å². The van der Waals surface area contributed by atoms with E-state index in [1.807, 2.05) is 47.9 Å². The molecule has 0 saturated heterocycles. The highest BCUT2D eigenvalue weighted by molar-refractivity contribution is 9.10. The van der Waals surface area contributed by atoms with Crippen molar-refractivity contribution in [3.05, 3.63) is 53.3 Å². The summed E-state index contributed by atoms with van der Waals surface area (Å²) in [7, 11) is 1.65. The van der Waals surface area contributed by atoms with Crippen LogP contribution in [0.2, 0.25) is 0 Å². The van der Waals surface area contributed by atoms with Crippen molar-refractivity contribution >= 4 is 39.3 Å². The number of thioether (sulfide) groups is 1. The zero-order valence-corrected chi connectivity index (χ0v) is 17.9. The number of carbonyl (C=O) groups is 1. The van der Waals surface area contributed by atoms with Crippen LogP contribution in [0.4, 0.5) is 5.69 Å². The summed E-state index contributed by atoms with van der Waals surface area (Å²) >= 11 is 4.75. The standard InChI is InChI=1S/C19H20BrN5O2S/c1-13(18(26)22-16-5-3-15(20)4-6-16)28-19-24-23-17(25(19)11-12-27-2)14-7-9-21-10-8-14/h3-10,13H,11-12H2,1-2H3,(H,22,26)/t13-/m0/s1. The number of halogens is 1. The van der Waals surface area contributed by atoms with E-state index in [0.29, 0.717) is 18.3 Å². The first-order valence-electron chi connectivity index (χ1n) is 8.64. The number of hydrogen-bond acceptors (Lipinski definition) is 6. The van der Waals surface area contributed by atoms with E-state index in [1.165, 1.54) is 11.8 Å². The van der Waals surface area contributed by atoms with Crippen LogP contribution in [0.1, 0.15) is 6.92 Å². The van der Waals surface area contributed by atoms with Gasteiger partial charge in [0.2, 0.25) is 5.91 Å². The molecule has 3 aromatic rings. The lowest BCUT2D eigenvalue weighted by Crippen LogP contribution is -2.23. The molecule has 0 radical (unpaired) electrons. The number of ether oxygens (including phenoxy) is 1. The molecule has 0 aliphatic rings. The highest BCUT2D eigenvalue weighted by Gasteiger charge is 2.21. The average Bonchev–Trinajstić information content (AvgIpc) is 3.11. The Morgan fingerprint density at radius 2 is 1.93 bits per heavy atom. The lowest BCUT2D eigenvalue weighted by molar-refractivity contribution is -0.115. The molecule has 3 rings (SSSR count). The molecule has 0 aliphatic carbocycles. The van der Waals surface area contributed by atoms with E-state index in [0.717, 1.165) is 21.5 Å². The monoisotopic (exact) mass is 461 g/mol. The topological polar surface area (TPSA) is 81.9 Å². The summed E-state index contributed by atoms with van der Waals surface area (Å²) in [6.45, 7) is 2.95. The zero-order chi connectivity index (χ0) is 19.9. The van der Waals surface area contributed by atoms with Gasteiger partial charge in [-0.15, -0.1) is 10.2 Å². The third-order valence-corrected chi connectivity index (χ3v) is 5.55. The fourth-order valence-corrected chi connectivity index (χ4v) is 3.60. The Hall–Kier alpha value is -2.23. The quantitative estimate of drug-likeness (QED) is 0.512. The van der Waals surface area contributed by atoms with Crippen molar-refractivity contribution in [1.29, 1.82) is 0 Å². The van der Waals surface area contributed by atoms with Gasteiger partial charge in [0.1, 0.15) is 0 Å². The second kappa shape index (κ2) is 9.81. The number of hydrogen-bond donors (Lipinski definition) is 1. The van der Waals surface area contributed by atoms with Crippen molar-refractivity contribution in [2.75, 3.05) is 19.0 Å². The van der Waals surface area contributed by atoms with Crippen molar-refractivity contribution < 1.29 is 9.53 Å². The molecule has 0 saturated carbocycles. The average molecular weight is 462 g/mol. The van der Waals surface area contributed by atoms with Gasteiger partial charge < -0.3 is 10.1 Å². The lowest BCUT2D eigenvalue weighted by Gasteiger charge is -2.13. The normalized spacial score (nSPS) is 12.0. The second-order valence-electron chi connectivity index (χ2n) is 5.94. The Morgan fingerprint density at radius 3 is 2.61 bits per heavy atom. The molecule has 146 valence electrons. The highest BCUT2D eigenvalue weighted by atomic mass is 79.9. The first kappa shape index (κ1) is 20.5. The van der Waals surface area contributed by atoms with E-state index in [1.54, 1.807) is 19.5 Å². The van der Waals surface area contributed by atoms with Crippen LogP contribution in [-0.4, -0.2) is 44.6 Å². The summed E-state index contributed by atoms with van der Waals surface area (Å²) in [5.41, 5.74) is 1.66. The Balaban J connectivity index is 1.75. The Labute approximate surface area is 176 Å². The molecule has 9 heteroatoms. The Kier molecular flexibility index (Phi) is 7.18. The summed E-state index contributed by atoms with van der Waals surface area (Å²) in [5.74, 6) is 0.626. The number of methoxy groups -OCH3 is 1. The molecular formula is C19H20BrN5O2S. The van der Waals surface area contributed by atoms with Crippen LogP contribution in [0, 0.1) is 0 Å². The Morgan fingerprint density at radius 1 is 1.21 bits per heavy atom. The summed E-state index contributed by atoms with van der Waals surface area (Å²) in [6.07, 6.45) is 3.43. The molecule has 28 heavy (non-hydrogen) atoms. The van der Waals surface area contributed by atoms with Gasteiger partial charge >= 0.3 is 0 Å². The van der Waals surface area contributed by atoms with E-state index >= 15 is 0 Å². The van der Waals surface area contributed by atoms with Crippen LogP contribution in [0.3, 0.4) is 0 Å². The maximum Gasteiger partial charge on any atom is 0.237 e. The summed E-state index contributed by atoms with van der Waals surface area (Å²) in [6, 6.07) is 11.2. The molecule has 7 nitrogen and oxygen atoms in total. The minimum Gasteiger partial charge on any atom is -0.383 e. The molecule has 2 aromatic heterocycles. The van der Waals surface area contributed by atoms with E-state index in [9.17, 15) is 4.79 Å². The smallest absolute Gasteiger partial charge is 0.237 e. The summed E-state index contributed by atoms with van der Waals surface area (Å²) < 4.78 is 8.15. The van der Waals surface area contributed by atoms with Gasteiger partial charge in [-0.25, -0.2) is 0 Å². The molecular weight excluding hydrogens is 442 g/mol. The minimum absolute atomic E-state index is 0.0981. The number of nitrogens with one attached hydrogen (secondary N) is 1. The maximum atomic E-state index is 12.6. The van der Waals surface area contributed by atoms with E-state index < -0.39 is 0 Å². The fraction of sp³-hybridized carbons (Fsp3) is 0.263. The van der Waals surface area contributed by atoms with Gasteiger partial charge in [0.05, 0.1) is 18.4 Å². The Bertz CT molecular complexity index is 918. The number of rotatable bonds is 8. The van der Waals surface area contributed by atoms with Crippen LogP contribution in [0.5, 0.6) is 0 Å². The van der Waals surface area contributed by atoms with Crippen molar-refractivity contribution in [3.63, 3.8) is 0 Å². The van der Waals surface area contributed by atoms with Crippen molar-refractivity contribution in [2.24, 2.45) is 0 Å². The van der Waals surface area contributed by atoms with Gasteiger partial charge in [-0.2, -0.15) is 0 Å². The molecule has 0 unspecified atom stereocenters. The van der Waals surface area contributed by atoms with Gasteiger partial charge in [-0.1, -0.05) is 27.7 Å². The summed E-state index contributed by atoms with van der Waals surface area (Å²) in [4.78, 5) is 16.6. The van der Waals surface area contributed by atoms with E-state index in [4.69, 9.17) is 4.74 Å². The number of pyridine rings is 1. The minimum atomic E-state index is -0.348. The molecule has 0 aliphatic heterocycles. The van der Waals surface area contributed by atoms with Crippen LogP contribution >= 0.6 is 27.7 Å². The number of benzene rings is 1. The number of aromatic nitrogens is 4. The van der Waals surface area contributed by atoms with Gasteiger partial charge in [0.25, 0.3) is 0 Å². The molecule has 1 amide bonds. The van der Waals surface area contributed by atoms with Crippen LogP contribution in [0.25, 0.3) is 11.4 Å². The van der Waals surface area contributed by atoms with Gasteiger partial charge in [-0.05, 0) is 43.3 Å². The first-order valence-corrected chi connectivity index (χ1v) is 10.3. The molecule has 1 N–H and O–H groups in total. The molecule has 0 bridgehead atoms. The molecule has 0 spiro atoms. The van der Waals surface area contributed by atoms with Crippen molar-refractivity contribution in [2.45, 2.75) is 23.9 Å². The highest BCUT2D eigenvalue weighted by Crippen LogP contribution is 2.27. The van der Waals surface area contributed by atoms with Crippen molar-refractivity contribution in [1.82, 2.24) is 19.7 Å². The van der Waals surface area contributed by atoms with E-state index in [2.05, 4.69) is 36.4 Å². The SMILES string of the molecule is COCCn1c(S[C@@H](C)C(=O)Nc2ccc(Br)cc2)nnc1-c1ccncc1. The summed E-state index contributed by atoms with van der Waals surface area (Å²) in [5, 5.41) is 11.9. The molecule has 1 aromatic carbocycles. The van der Waals surface area contributed by atoms with Crippen LogP contribution < -0.4 is 5.32 Å². The first-order chi connectivity index (χ1) is 13.6. The second-order valence-corrected chi connectivity index (χ2v) is 8.17. The van der Waals surface area contributed by atoms with Crippen molar-refractivity contribution in [3.8, 4) is 11.4 Å². The molecule has 0 fully saturated rings. The predicted molar refractivity (Wildman–Crippen MR) is 113 cm³/mol. The maximum absolute atomic E-state index is 12.6. The fourth-order valence-electron chi connectivity index (χ4n) is 2.46. The van der Waals surface area contributed by atoms with Gasteiger partial charge in [-0.3, -0.25) is 14.3 Å². The number of amides is 1. The van der Waals surface area contributed by atoms with Gasteiger partial charge in [0, 0.05) is 35.2 Å². The number of carbonyl (C=O) groups excluding carboxylic acids is 1. The zero-order valence-electron chi connectivity index (χ0n) is 15.5. The number of anilines is 1. The molecule has 2 heterocycles. The third kappa shape index (κ3) is 5.18. The van der Waals surface area contributed by atoms with Crippen LogP contribution in [-0.2, 0) is 16.1 Å². The lowest BCUT2D eigenvalue weighted by atomic mass is 10.2. The van der Waals surface area contributed by atoms with Gasteiger partial charge in [0.15, 0.2) is 11.0 Å². The third-order valence-electron chi connectivity index (χ3n) is 3.94. The molecule has 1 atom stereocenters. The largest absolute Gasteiger partial charge is 0.383 e. The van der Waals surface area contributed by atoms with Crippen LogP contribution in [0.15, 0.2) is 58.4 Å². The predicted octanol–water partition coefficient (Wildman–Crippen LogP) is 3.87. The number of nitrogens with zero attached hydrogens (tertiary/aromatic N) is 4.